The van der Waals surface area contributed by atoms with Crippen LogP contribution in [0.3, 0.4) is 0 Å². The van der Waals surface area contributed by atoms with Crippen molar-refractivity contribution in [2.75, 3.05) is 6.61 Å². The lowest BCUT2D eigenvalue weighted by atomic mass is 9.81. The summed E-state index contributed by atoms with van der Waals surface area (Å²) in [6.45, 7) is -0.268. The first-order valence-corrected chi connectivity index (χ1v) is 14.6. The Bertz CT molecular complexity index is 1640. The SMILES string of the molecule is O=c1[nH]c(=O)n([C@H]2CC(n3cc(-c4ccc(Oc5ccc(CC6CCC6)cc5)cc4)nn3)[C@@H](CO)O2)cc1/C=C/Br. The van der Waals surface area contributed by atoms with Crippen LogP contribution in [0, 0.1) is 5.92 Å². The van der Waals surface area contributed by atoms with E-state index in [9.17, 15) is 14.7 Å². The number of aromatic amines is 1. The van der Waals surface area contributed by atoms with Crippen LogP contribution in [0.5, 0.6) is 11.5 Å². The van der Waals surface area contributed by atoms with Gasteiger partial charge < -0.3 is 14.6 Å². The molecule has 0 amide bonds. The molecule has 1 saturated carbocycles. The molecule has 3 atom stereocenters. The van der Waals surface area contributed by atoms with Gasteiger partial charge in [-0.1, -0.05) is 52.5 Å². The molecule has 2 aliphatic rings. The van der Waals surface area contributed by atoms with Crippen molar-refractivity contribution >= 4 is 22.0 Å². The Balaban J connectivity index is 1.13. The van der Waals surface area contributed by atoms with Crippen LogP contribution in [0.15, 0.2) is 75.5 Å². The van der Waals surface area contributed by atoms with E-state index in [0.717, 1.165) is 29.4 Å². The van der Waals surface area contributed by atoms with E-state index in [1.54, 1.807) is 10.9 Å². The van der Waals surface area contributed by atoms with Crippen molar-refractivity contribution in [1.29, 1.82) is 0 Å². The summed E-state index contributed by atoms with van der Waals surface area (Å²) in [5.74, 6) is 2.35. The summed E-state index contributed by atoms with van der Waals surface area (Å²) in [4.78, 5) is 28.4. The number of aliphatic hydroxyl groups is 1. The molecule has 2 fully saturated rings. The minimum Gasteiger partial charge on any atom is -0.457 e. The molecule has 10 nitrogen and oxygen atoms in total. The third kappa shape index (κ3) is 5.97. The van der Waals surface area contributed by atoms with E-state index in [1.807, 2.05) is 36.4 Å². The number of rotatable bonds is 9. The van der Waals surface area contributed by atoms with Crippen molar-refractivity contribution in [3.05, 3.63) is 97.9 Å². The van der Waals surface area contributed by atoms with E-state index in [-0.39, 0.29) is 12.6 Å². The van der Waals surface area contributed by atoms with Gasteiger partial charge in [-0.25, -0.2) is 9.48 Å². The van der Waals surface area contributed by atoms with Gasteiger partial charge in [0.25, 0.3) is 5.56 Å². The smallest absolute Gasteiger partial charge is 0.330 e. The zero-order valence-corrected chi connectivity index (χ0v) is 23.8. The maximum atomic E-state index is 12.5. The van der Waals surface area contributed by atoms with Crippen molar-refractivity contribution < 1.29 is 14.6 Å². The van der Waals surface area contributed by atoms with Crippen LogP contribution in [0.2, 0.25) is 0 Å². The molecular weight excluding hydrogens is 590 g/mol. The molecule has 1 unspecified atom stereocenters. The molecular formula is C30H30BrN5O5. The molecule has 1 saturated heterocycles. The Labute approximate surface area is 244 Å². The summed E-state index contributed by atoms with van der Waals surface area (Å²) in [5.41, 5.74) is 2.08. The number of nitrogens with zero attached hydrogens (tertiary/aromatic N) is 4. The van der Waals surface area contributed by atoms with Crippen molar-refractivity contribution in [2.45, 2.75) is 50.5 Å². The summed E-state index contributed by atoms with van der Waals surface area (Å²) >= 11 is 3.15. The average molecular weight is 621 g/mol. The fraction of sp³-hybridized carbons (Fsp3) is 0.333. The molecule has 3 heterocycles. The molecule has 4 aromatic rings. The number of benzene rings is 2. The quantitative estimate of drug-likeness (QED) is 0.275. The predicted octanol–water partition coefficient (Wildman–Crippen LogP) is 4.82. The second-order valence-corrected chi connectivity index (χ2v) is 11.0. The topological polar surface area (TPSA) is 124 Å². The zero-order valence-electron chi connectivity index (χ0n) is 22.2. The van der Waals surface area contributed by atoms with Crippen molar-refractivity contribution in [3.8, 4) is 22.8 Å². The van der Waals surface area contributed by atoms with Crippen LogP contribution in [0.4, 0.5) is 0 Å². The van der Waals surface area contributed by atoms with Gasteiger partial charge in [0.1, 0.15) is 29.5 Å². The second kappa shape index (κ2) is 12.0. The van der Waals surface area contributed by atoms with Gasteiger partial charge in [0, 0.05) is 18.2 Å². The first-order valence-electron chi connectivity index (χ1n) is 13.7. The highest BCUT2D eigenvalue weighted by Gasteiger charge is 2.38. The summed E-state index contributed by atoms with van der Waals surface area (Å²) in [5, 5.41) is 18.6. The van der Waals surface area contributed by atoms with Gasteiger partial charge in [0.2, 0.25) is 0 Å². The first kappa shape index (κ1) is 27.4. The molecule has 2 aromatic carbocycles. The molecule has 0 radical (unpaired) electrons. The number of H-pyrrole nitrogens is 1. The number of aromatic nitrogens is 5. The lowest BCUT2D eigenvalue weighted by Gasteiger charge is -2.25. The van der Waals surface area contributed by atoms with Gasteiger partial charge in [0.15, 0.2) is 0 Å². The maximum absolute atomic E-state index is 12.5. The number of hydrogen-bond donors (Lipinski definition) is 2. The van der Waals surface area contributed by atoms with E-state index in [0.29, 0.717) is 17.7 Å². The molecule has 0 bridgehead atoms. The van der Waals surface area contributed by atoms with E-state index in [1.165, 1.54) is 46.7 Å². The molecule has 1 aliphatic carbocycles. The second-order valence-electron chi connectivity index (χ2n) is 10.5. The molecule has 0 spiro atoms. The summed E-state index contributed by atoms with van der Waals surface area (Å²) in [6, 6.07) is 15.6. The highest BCUT2D eigenvalue weighted by molar-refractivity contribution is 9.11. The highest BCUT2D eigenvalue weighted by Crippen LogP contribution is 2.36. The molecule has 1 aliphatic heterocycles. The molecule has 11 heteroatoms. The molecule has 2 aromatic heterocycles. The predicted molar refractivity (Wildman–Crippen MR) is 157 cm³/mol. The maximum Gasteiger partial charge on any atom is 0.330 e. The minimum absolute atomic E-state index is 0.268. The fourth-order valence-electron chi connectivity index (χ4n) is 5.35. The van der Waals surface area contributed by atoms with Crippen molar-refractivity contribution in [3.63, 3.8) is 0 Å². The Morgan fingerprint density at radius 1 is 1.07 bits per heavy atom. The summed E-state index contributed by atoms with van der Waals surface area (Å²) in [7, 11) is 0. The van der Waals surface area contributed by atoms with Crippen LogP contribution >= 0.6 is 15.9 Å². The fourth-order valence-corrected chi connectivity index (χ4v) is 5.64. The van der Waals surface area contributed by atoms with Gasteiger partial charge in [-0.15, -0.1) is 5.10 Å². The minimum atomic E-state index is -0.694. The average Bonchev–Trinajstić information content (AvgIpc) is 3.61. The molecule has 41 heavy (non-hydrogen) atoms. The Morgan fingerprint density at radius 3 is 2.46 bits per heavy atom. The van der Waals surface area contributed by atoms with E-state index < -0.39 is 23.6 Å². The normalized spacial score (nSPS) is 20.9. The molecule has 6 rings (SSSR count). The van der Waals surface area contributed by atoms with E-state index in [2.05, 4.69) is 43.4 Å². The molecule has 212 valence electrons. The third-order valence-corrected chi connectivity index (χ3v) is 8.10. The van der Waals surface area contributed by atoms with E-state index in [4.69, 9.17) is 9.47 Å². The van der Waals surface area contributed by atoms with Gasteiger partial charge in [-0.2, -0.15) is 0 Å². The number of aliphatic hydroxyl groups excluding tert-OH is 1. The first-order chi connectivity index (χ1) is 20.0. The third-order valence-electron chi connectivity index (χ3n) is 7.84. The number of ether oxygens (including phenoxy) is 2. The Hall–Kier alpha value is -3.80. The van der Waals surface area contributed by atoms with Gasteiger partial charge in [-0.3, -0.25) is 14.3 Å². The lowest BCUT2D eigenvalue weighted by molar-refractivity contribution is -0.0323. The summed E-state index contributed by atoms with van der Waals surface area (Å²) < 4.78 is 15.0. The van der Waals surface area contributed by atoms with Crippen LogP contribution in [-0.4, -0.2) is 42.4 Å². The monoisotopic (exact) mass is 619 g/mol. The van der Waals surface area contributed by atoms with Crippen molar-refractivity contribution in [2.24, 2.45) is 5.92 Å². The standard InChI is InChI=1S/C30H30BrN5O5/c31-13-12-22-16-35(30(39)32-29(22)38)28-15-26(27(18-37)41-28)36-17-25(33-34-36)21-6-10-24(11-7-21)40-23-8-4-20(5-9-23)14-19-2-1-3-19/h4-13,16-17,19,26-28,37H,1-3,14-15,18H2,(H,32,38,39)/b13-12+/t26?,27-,28-/m1/s1. The van der Waals surface area contributed by atoms with Crippen molar-refractivity contribution in [1.82, 2.24) is 24.5 Å². The summed E-state index contributed by atoms with van der Waals surface area (Å²) in [6.07, 6.45) is 9.00. The number of nitrogens with one attached hydrogen (secondary N) is 1. The highest BCUT2D eigenvalue weighted by atomic mass is 79.9. The lowest BCUT2D eigenvalue weighted by Crippen LogP contribution is -2.33. The zero-order chi connectivity index (χ0) is 28.3. The Morgan fingerprint density at radius 2 is 1.80 bits per heavy atom. The van der Waals surface area contributed by atoms with Gasteiger partial charge >= 0.3 is 5.69 Å². The van der Waals surface area contributed by atoms with Crippen LogP contribution in [0.1, 0.15) is 49.1 Å². The van der Waals surface area contributed by atoms with Crippen LogP contribution in [0.25, 0.3) is 17.3 Å². The number of halogens is 1. The largest absolute Gasteiger partial charge is 0.457 e. The number of hydrogen-bond acceptors (Lipinski definition) is 7. The Kier molecular flexibility index (Phi) is 8.00. The van der Waals surface area contributed by atoms with Gasteiger partial charge in [0.05, 0.1) is 24.4 Å². The van der Waals surface area contributed by atoms with Gasteiger partial charge in [-0.05, 0) is 65.4 Å². The van der Waals surface area contributed by atoms with E-state index >= 15 is 0 Å². The van der Waals surface area contributed by atoms with Crippen LogP contribution in [-0.2, 0) is 11.2 Å². The van der Waals surface area contributed by atoms with Crippen LogP contribution < -0.4 is 16.0 Å². The molecule has 2 N–H and O–H groups in total.